The zero-order valence-electron chi connectivity index (χ0n) is 12.9. The van der Waals surface area contributed by atoms with Gasteiger partial charge >= 0.3 is 6.18 Å². The molecule has 0 bridgehead atoms. The molecule has 0 aliphatic carbocycles. The number of benzene rings is 2. The molecule has 0 radical (unpaired) electrons. The topological polar surface area (TPSA) is 78.0 Å². The Bertz CT molecular complexity index is 1040. The average Bonchev–Trinajstić information content (AvgIpc) is 3.07. The van der Waals surface area contributed by atoms with Crippen molar-refractivity contribution in [2.75, 3.05) is 0 Å². The van der Waals surface area contributed by atoms with Crippen LogP contribution >= 0.6 is 0 Å². The van der Waals surface area contributed by atoms with E-state index in [1.165, 1.54) is 18.5 Å². The van der Waals surface area contributed by atoms with Gasteiger partial charge in [0.15, 0.2) is 0 Å². The molecule has 0 aliphatic rings. The molecule has 26 heavy (non-hydrogen) atoms. The summed E-state index contributed by atoms with van der Waals surface area (Å²) in [6.45, 7) is 0. The molecule has 0 amide bonds. The maximum atomic E-state index is 13.6. The lowest BCUT2D eigenvalue weighted by Crippen LogP contribution is -2.18. The van der Waals surface area contributed by atoms with Crippen molar-refractivity contribution in [1.29, 1.82) is 0 Å². The van der Waals surface area contributed by atoms with E-state index in [1.807, 2.05) is 0 Å². The van der Waals surface area contributed by atoms with Gasteiger partial charge in [0.1, 0.15) is 10.7 Å². The van der Waals surface area contributed by atoms with Crippen LogP contribution in [0.4, 0.5) is 17.6 Å². The second-order valence-corrected chi connectivity index (χ2v) is 6.90. The van der Waals surface area contributed by atoms with Crippen LogP contribution in [-0.2, 0) is 16.2 Å². The van der Waals surface area contributed by atoms with Crippen molar-refractivity contribution >= 4 is 10.0 Å². The van der Waals surface area contributed by atoms with Gasteiger partial charge in [-0.15, -0.1) is 0 Å². The summed E-state index contributed by atoms with van der Waals surface area (Å²) in [4.78, 5) is -0.534. The summed E-state index contributed by atoms with van der Waals surface area (Å²) in [7, 11) is -4.36. The van der Waals surface area contributed by atoms with Gasteiger partial charge in [0.25, 0.3) is 0 Å². The molecule has 0 unspecified atom stereocenters. The fraction of sp³-hybridized carbons (Fsp3) is 0.0625. The Hall–Kier alpha value is -2.72. The number of hydrogen-bond donors (Lipinski definition) is 1. The molecule has 0 atom stereocenters. The predicted octanol–water partition coefficient (Wildman–Crippen LogP) is 3.34. The van der Waals surface area contributed by atoms with Gasteiger partial charge in [0.05, 0.1) is 11.3 Å². The largest absolute Gasteiger partial charge is 0.417 e. The molecule has 0 spiro atoms. The first-order valence-electron chi connectivity index (χ1n) is 7.11. The number of nitrogens with two attached hydrogens (primary N) is 1. The van der Waals surface area contributed by atoms with Crippen LogP contribution in [0.2, 0.25) is 0 Å². The average molecular weight is 385 g/mol. The van der Waals surface area contributed by atoms with Crippen LogP contribution in [-0.4, -0.2) is 18.2 Å². The molecular formula is C16H11F4N3O2S. The number of sulfonamides is 1. The molecule has 0 saturated carbocycles. The summed E-state index contributed by atoms with van der Waals surface area (Å²) >= 11 is 0. The molecule has 10 heteroatoms. The van der Waals surface area contributed by atoms with Crippen LogP contribution in [0.1, 0.15) is 5.56 Å². The van der Waals surface area contributed by atoms with Crippen LogP contribution in [0.5, 0.6) is 0 Å². The van der Waals surface area contributed by atoms with E-state index in [0.29, 0.717) is 6.07 Å². The Labute approximate surface area is 145 Å². The van der Waals surface area contributed by atoms with Gasteiger partial charge in [0.2, 0.25) is 10.0 Å². The fourth-order valence-corrected chi connectivity index (χ4v) is 3.22. The van der Waals surface area contributed by atoms with Crippen molar-refractivity contribution in [1.82, 2.24) is 9.78 Å². The smallest absolute Gasteiger partial charge is 0.240 e. The number of primary sulfonamides is 1. The molecule has 3 rings (SSSR count). The number of alkyl halides is 3. The predicted molar refractivity (Wildman–Crippen MR) is 85.3 cm³/mol. The van der Waals surface area contributed by atoms with Gasteiger partial charge in [-0.1, -0.05) is 12.1 Å². The van der Waals surface area contributed by atoms with Crippen LogP contribution in [0.25, 0.3) is 16.8 Å². The Balaban J connectivity index is 2.39. The Morgan fingerprint density at radius 2 is 1.73 bits per heavy atom. The SMILES string of the molecule is NS(=O)(=O)c1cc(-c2ccc(F)cc2)c(C(F)(F)F)cc1-n1cccn1. The molecule has 136 valence electrons. The minimum atomic E-state index is -4.79. The third-order valence-corrected chi connectivity index (χ3v) is 4.56. The van der Waals surface area contributed by atoms with E-state index in [2.05, 4.69) is 5.10 Å². The molecule has 3 aromatic rings. The second kappa shape index (κ2) is 6.22. The highest BCUT2D eigenvalue weighted by Gasteiger charge is 2.36. The van der Waals surface area contributed by atoms with E-state index in [9.17, 15) is 26.0 Å². The molecule has 0 aliphatic heterocycles. The summed E-state index contributed by atoms with van der Waals surface area (Å²) in [6, 6.07) is 7.11. The number of rotatable bonds is 3. The summed E-state index contributed by atoms with van der Waals surface area (Å²) in [5.41, 5.74) is -1.87. The molecule has 1 aromatic heterocycles. The number of halogens is 4. The van der Waals surface area contributed by atoms with Gasteiger partial charge in [0, 0.05) is 12.4 Å². The van der Waals surface area contributed by atoms with Crippen LogP contribution in [0.3, 0.4) is 0 Å². The molecule has 1 heterocycles. The molecule has 0 saturated heterocycles. The number of nitrogens with zero attached hydrogens (tertiary/aromatic N) is 2. The minimum Gasteiger partial charge on any atom is -0.240 e. The zero-order valence-corrected chi connectivity index (χ0v) is 13.7. The quantitative estimate of drug-likeness (QED) is 0.703. The van der Waals surface area contributed by atoms with Crippen LogP contribution < -0.4 is 5.14 Å². The lowest BCUT2D eigenvalue weighted by Gasteiger charge is -2.17. The first-order valence-corrected chi connectivity index (χ1v) is 8.66. The summed E-state index contributed by atoms with van der Waals surface area (Å²) in [6.07, 6.45) is -2.21. The second-order valence-electron chi connectivity index (χ2n) is 5.37. The van der Waals surface area contributed by atoms with Crippen molar-refractivity contribution in [3.8, 4) is 16.8 Å². The minimum absolute atomic E-state index is 0.00404. The Kier molecular flexibility index (Phi) is 4.32. The van der Waals surface area contributed by atoms with Gasteiger partial charge in [-0.2, -0.15) is 18.3 Å². The van der Waals surface area contributed by atoms with Crippen molar-refractivity contribution in [3.05, 3.63) is 66.2 Å². The molecule has 5 nitrogen and oxygen atoms in total. The highest BCUT2D eigenvalue weighted by Crippen LogP contribution is 2.40. The lowest BCUT2D eigenvalue weighted by atomic mass is 9.98. The van der Waals surface area contributed by atoms with E-state index < -0.39 is 38.0 Å². The van der Waals surface area contributed by atoms with Gasteiger partial charge in [-0.3, -0.25) is 0 Å². The molecule has 2 N–H and O–H groups in total. The van der Waals surface area contributed by atoms with E-state index >= 15 is 0 Å². The van der Waals surface area contributed by atoms with Crippen molar-refractivity contribution in [2.24, 2.45) is 5.14 Å². The summed E-state index contributed by atoms with van der Waals surface area (Å²) in [5.74, 6) is -0.637. The maximum Gasteiger partial charge on any atom is 0.417 e. The zero-order chi connectivity index (χ0) is 19.1. The summed E-state index contributed by atoms with van der Waals surface area (Å²) < 4.78 is 78.7. The monoisotopic (exact) mass is 385 g/mol. The standard InChI is InChI=1S/C16H11F4N3O2S/c17-11-4-2-10(3-5-11)12-8-15(26(21,24)25)14(23-7-1-6-22-23)9-13(12)16(18,19)20/h1-9H,(H2,21,24,25). The molecular weight excluding hydrogens is 374 g/mol. The highest BCUT2D eigenvalue weighted by atomic mass is 32.2. The first kappa shape index (κ1) is 18.1. The van der Waals surface area contributed by atoms with E-state index in [-0.39, 0.29) is 11.3 Å². The first-order chi connectivity index (χ1) is 12.1. The third-order valence-electron chi connectivity index (χ3n) is 3.62. The van der Waals surface area contributed by atoms with E-state index in [4.69, 9.17) is 5.14 Å². The maximum absolute atomic E-state index is 13.6. The van der Waals surface area contributed by atoms with Crippen molar-refractivity contribution in [3.63, 3.8) is 0 Å². The molecule has 0 fully saturated rings. The van der Waals surface area contributed by atoms with E-state index in [1.54, 1.807) is 0 Å². The Morgan fingerprint density at radius 3 is 2.23 bits per heavy atom. The normalized spacial score (nSPS) is 12.3. The van der Waals surface area contributed by atoms with Crippen molar-refractivity contribution < 1.29 is 26.0 Å². The third kappa shape index (κ3) is 3.46. The Morgan fingerprint density at radius 1 is 1.08 bits per heavy atom. The lowest BCUT2D eigenvalue weighted by molar-refractivity contribution is -0.137. The highest BCUT2D eigenvalue weighted by molar-refractivity contribution is 7.89. The van der Waals surface area contributed by atoms with Crippen LogP contribution in [0, 0.1) is 5.82 Å². The van der Waals surface area contributed by atoms with Crippen LogP contribution in [0.15, 0.2) is 59.8 Å². The fourth-order valence-electron chi connectivity index (χ4n) is 2.49. The van der Waals surface area contributed by atoms with Gasteiger partial charge in [-0.25, -0.2) is 22.6 Å². The van der Waals surface area contributed by atoms with Crippen molar-refractivity contribution in [2.45, 2.75) is 11.1 Å². The number of hydrogen-bond acceptors (Lipinski definition) is 3. The number of aromatic nitrogens is 2. The van der Waals surface area contributed by atoms with E-state index in [0.717, 1.165) is 35.0 Å². The molecule has 2 aromatic carbocycles. The van der Waals surface area contributed by atoms with Gasteiger partial charge < -0.3 is 0 Å². The van der Waals surface area contributed by atoms with Gasteiger partial charge in [-0.05, 0) is 41.5 Å². The summed E-state index contributed by atoms with van der Waals surface area (Å²) in [5, 5.41) is 8.96.